The molecule has 35 heavy (non-hydrogen) atoms. The van der Waals surface area contributed by atoms with Gasteiger partial charge in [-0.2, -0.15) is 13.7 Å². The molecular weight excluding hydrogens is 462 g/mol. The summed E-state index contributed by atoms with van der Waals surface area (Å²) in [6, 6.07) is 24.1. The molecule has 0 amide bonds. The Bertz CT molecular complexity index is 1870. The Balaban J connectivity index is 0.000000207. The number of nitrogens with zero attached hydrogens (tertiary/aromatic N) is 5. The highest BCUT2D eigenvalue weighted by Gasteiger charge is 2.10. The Labute approximate surface area is 201 Å². The lowest BCUT2D eigenvalue weighted by molar-refractivity contribution is 0.622. The summed E-state index contributed by atoms with van der Waals surface area (Å²) in [6.07, 6.45) is 0.309. The summed E-state index contributed by atoms with van der Waals surface area (Å²) in [5.74, 6) is 0. The van der Waals surface area contributed by atoms with Gasteiger partial charge in [0.15, 0.2) is 0 Å². The predicted octanol–water partition coefficient (Wildman–Crippen LogP) is 4.35. The van der Waals surface area contributed by atoms with Crippen LogP contribution in [0, 0.1) is 11.3 Å². The lowest BCUT2D eigenvalue weighted by atomic mass is 10.1. The van der Waals surface area contributed by atoms with Crippen LogP contribution in [0.3, 0.4) is 0 Å². The summed E-state index contributed by atoms with van der Waals surface area (Å²) in [5.41, 5.74) is 5.14. The van der Waals surface area contributed by atoms with Gasteiger partial charge in [-0.15, -0.1) is 4.36 Å². The molecule has 0 aliphatic rings. The summed E-state index contributed by atoms with van der Waals surface area (Å²) in [6.45, 7) is 0. The lowest BCUT2D eigenvalue weighted by Crippen LogP contribution is -2.23. The molecule has 4 aromatic carbocycles. The first kappa shape index (κ1) is 22.1. The standard InChI is InChI=1S/C17H12N4O3S.C9H5N/c1-21-16-7-6-13(20-25(23)24)9-14(16)19-15(17(21)22)8-11-2-4-12(10-18)5-3-11;1-2-6-4-5-8-7(3-1)9(6)10-8/h2-7,9H,8H2,1H3;1-5H. The van der Waals surface area contributed by atoms with Gasteiger partial charge in [0, 0.05) is 24.2 Å². The average Bonchev–Trinajstić information content (AvgIpc) is 2.85. The fourth-order valence-corrected chi connectivity index (χ4v) is 4.27. The van der Waals surface area contributed by atoms with Crippen molar-refractivity contribution in [1.82, 2.24) is 14.5 Å². The third-order valence-corrected chi connectivity index (χ3v) is 6.12. The number of fused-ring (bicyclic) bond motifs is 2. The second-order valence-electron chi connectivity index (χ2n) is 7.96. The summed E-state index contributed by atoms with van der Waals surface area (Å²) in [7, 11) is -0.921. The van der Waals surface area contributed by atoms with Crippen LogP contribution in [-0.2, 0) is 24.0 Å². The molecule has 0 unspecified atom stereocenters. The minimum absolute atomic E-state index is 0.228. The third-order valence-electron chi connectivity index (χ3n) is 5.76. The minimum atomic E-state index is -2.56. The number of aromatic nitrogens is 3. The van der Waals surface area contributed by atoms with Gasteiger partial charge in [-0.3, -0.25) is 4.79 Å². The molecule has 0 saturated carbocycles. The molecule has 3 aromatic heterocycles. The first-order valence-electron chi connectivity index (χ1n) is 10.6. The molecule has 8 nitrogen and oxygen atoms in total. The van der Waals surface area contributed by atoms with Crippen molar-refractivity contribution in [3.05, 3.63) is 100.0 Å². The van der Waals surface area contributed by atoms with Gasteiger partial charge >= 0.3 is 10.5 Å². The van der Waals surface area contributed by atoms with Crippen LogP contribution < -0.4 is 5.56 Å². The van der Waals surface area contributed by atoms with E-state index in [1.165, 1.54) is 33.0 Å². The van der Waals surface area contributed by atoms with Gasteiger partial charge in [0.1, 0.15) is 5.69 Å². The molecule has 0 aliphatic heterocycles. The van der Waals surface area contributed by atoms with E-state index in [-0.39, 0.29) is 11.2 Å². The van der Waals surface area contributed by atoms with Gasteiger partial charge in [0.05, 0.1) is 39.4 Å². The molecule has 4 bridgehead atoms. The summed E-state index contributed by atoms with van der Waals surface area (Å²) < 4.78 is 26.4. The zero-order valence-corrected chi connectivity index (χ0v) is 19.3. The molecule has 170 valence electrons. The number of pyridine rings is 1. The highest BCUT2D eigenvalue weighted by atomic mass is 32.2. The highest BCUT2D eigenvalue weighted by Crippen LogP contribution is 2.28. The molecule has 7 rings (SSSR count). The summed E-state index contributed by atoms with van der Waals surface area (Å²) in [4.78, 5) is 21.2. The largest absolute Gasteiger partial charge is 0.316 e. The van der Waals surface area contributed by atoms with Crippen molar-refractivity contribution in [3.63, 3.8) is 0 Å². The van der Waals surface area contributed by atoms with Crippen LogP contribution in [0.2, 0.25) is 0 Å². The van der Waals surface area contributed by atoms with Crippen molar-refractivity contribution in [2.24, 2.45) is 11.4 Å². The van der Waals surface area contributed by atoms with Gasteiger partial charge < -0.3 is 4.57 Å². The Hall–Kier alpha value is -4.68. The first-order valence-corrected chi connectivity index (χ1v) is 11.7. The Morgan fingerprint density at radius 3 is 2.43 bits per heavy atom. The van der Waals surface area contributed by atoms with Gasteiger partial charge in [-0.1, -0.05) is 36.4 Å². The number of nitriles is 1. The van der Waals surface area contributed by atoms with Gasteiger partial charge in [-0.25, -0.2) is 9.97 Å². The van der Waals surface area contributed by atoms with Gasteiger partial charge in [0.2, 0.25) is 0 Å². The maximum Gasteiger partial charge on any atom is 0.316 e. The molecule has 3 heterocycles. The Morgan fingerprint density at radius 2 is 1.77 bits per heavy atom. The van der Waals surface area contributed by atoms with Crippen molar-refractivity contribution in [2.75, 3.05) is 0 Å². The van der Waals surface area contributed by atoms with Crippen molar-refractivity contribution in [1.29, 1.82) is 5.26 Å². The number of benzene rings is 4. The van der Waals surface area contributed by atoms with E-state index < -0.39 is 10.5 Å². The minimum Gasteiger partial charge on any atom is -0.308 e. The van der Waals surface area contributed by atoms with Crippen LogP contribution >= 0.6 is 0 Å². The average molecular weight is 480 g/mol. The van der Waals surface area contributed by atoms with Crippen molar-refractivity contribution >= 4 is 49.0 Å². The maximum atomic E-state index is 12.5. The fourth-order valence-electron chi connectivity index (χ4n) is 3.98. The van der Waals surface area contributed by atoms with E-state index in [2.05, 4.69) is 44.7 Å². The zero-order valence-electron chi connectivity index (χ0n) is 18.5. The van der Waals surface area contributed by atoms with Gasteiger partial charge in [-0.05, 0) is 42.0 Å². The number of rotatable bonds is 3. The van der Waals surface area contributed by atoms with E-state index >= 15 is 0 Å². The lowest BCUT2D eigenvalue weighted by Gasteiger charge is -2.08. The predicted molar refractivity (Wildman–Crippen MR) is 134 cm³/mol. The second-order valence-corrected chi connectivity index (χ2v) is 8.58. The first-order chi connectivity index (χ1) is 16.9. The molecule has 0 saturated heterocycles. The quantitative estimate of drug-likeness (QED) is 0.372. The summed E-state index contributed by atoms with van der Waals surface area (Å²) >= 11 is 0. The van der Waals surface area contributed by atoms with Crippen LogP contribution in [0.25, 0.3) is 32.8 Å². The van der Waals surface area contributed by atoms with E-state index in [0.717, 1.165) is 11.1 Å². The molecule has 0 N–H and O–H groups in total. The smallest absolute Gasteiger partial charge is 0.308 e. The van der Waals surface area contributed by atoms with Crippen LogP contribution in [0.4, 0.5) is 5.69 Å². The SMILES string of the molecule is Cn1c(=O)c(Cc2ccc(C#N)cc2)nc2cc(N=S(=O)=O)ccc21.c1cc2ccc3c(c1)c2N=3. The fraction of sp³-hybridized carbons (Fsp3) is 0.0769. The van der Waals surface area contributed by atoms with Crippen LogP contribution in [0.1, 0.15) is 16.8 Å². The number of para-hydroxylation sites is 1. The highest BCUT2D eigenvalue weighted by molar-refractivity contribution is 7.61. The van der Waals surface area contributed by atoms with E-state index in [4.69, 9.17) is 5.26 Å². The Kier molecular flexibility index (Phi) is 5.65. The number of aryl methyl sites for hydroxylation is 1. The van der Waals surface area contributed by atoms with E-state index in [1.54, 1.807) is 37.4 Å². The maximum absolute atomic E-state index is 12.5. The van der Waals surface area contributed by atoms with E-state index in [9.17, 15) is 13.2 Å². The van der Waals surface area contributed by atoms with Crippen LogP contribution in [-0.4, -0.2) is 23.0 Å². The molecular formula is C26H17N5O3S. The van der Waals surface area contributed by atoms with Gasteiger partial charge in [0.25, 0.3) is 5.56 Å². The molecule has 0 aliphatic carbocycles. The second kappa shape index (κ2) is 8.93. The van der Waals surface area contributed by atoms with Crippen LogP contribution in [0.15, 0.2) is 82.0 Å². The molecule has 7 aromatic rings. The molecule has 0 atom stereocenters. The van der Waals surface area contributed by atoms with Crippen molar-refractivity contribution < 1.29 is 8.42 Å². The zero-order chi connectivity index (χ0) is 24.5. The molecule has 0 spiro atoms. The molecule has 0 radical (unpaired) electrons. The topological polar surface area (TPSA) is 118 Å². The van der Waals surface area contributed by atoms with E-state index in [0.29, 0.717) is 28.7 Å². The molecule has 9 heteroatoms. The normalized spacial score (nSPS) is 10.9. The monoisotopic (exact) mass is 479 g/mol. The number of hydrogen-bond acceptors (Lipinski definition) is 7. The van der Waals surface area contributed by atoms with E-state index in [1.807, 2.05) is 6.07 Å². The third kappa shape index (κ3) is 4.30. The van der Waals surface area contributed by atoms with Crippen molar-refractivity contribution in [3.8, 4) is 6.07 Å². The molecule has 0 fully saturated rings. The Morgan fingerprint density at radius 1 is 0.971 bits per heavy atom. The van der Waals surface area contributed by atoms with Crippen LogP contribution in [0.5, 0.6) is 0 Å². The van der Waals surface area contributed by atoms with Crippen molar-refractivity contribution in [2.45, 2.75) is 6.42 Å². The summed E-state index contributed by atoms with van der Waals surface area (Å²) in [5, 5.41) is 11.4. The number of hydrogen-bond donors (Lipinski definition) is 0.